The molecule has 108 valence electrons. The number of hydrogen-bond donors (Lipinski definition) is 1. The maximum absolute atomic E-state index is 5.66. The molecular formula is C16H21NO3. The highest BCUT2D eigenvalue weighted by atomic mass is 16.5. The summed E-state index contributed by atoms with van der Waals surface area (Å²) in [5, 5.41) is 2.40. The number of benzene rings is 2. The molecule has 2 N–H and O–H groups in total. The molecule has 20 heavy (non-hydrogen) atoms. The zero-order valence-electron chi connectivity index (χ0n) is 11.6. The van der Waals surface area contributed by atoms with Gasteiger partial charge in [0.2, 0.25) is 0 Å². The lowest BCUT2D eigenvalue weighted by Gasteiger charge is -2.08. The van der Waals surface area contributed by atoms with Crippen LogP contribution >= 0.6 is 0 Å². The monoisotopic (exact) mass is 275 g/mol. The van der Waals surface area contributed by atoms with E-state index in [9.17, 15) is 0 Å². The molecule has 0 amide bonds. The van der Waals surface area contributed by atoms with Crippen LogP contribution in [0.15, 0.2) is 42.5 Å². The van der Waals surface area contributed by atoms with Gasteiger partial charge in [0.25, 0.3) is 0 Å². The molecule has 0 spiro atoms. The molecule has 4 nitrogen and oxygen atoms in total. The molecule has 2 aromatic rings. The van der Waals surface area contributed by atoms with Crippen molar-refractivity contribution in [3.8, 4) is 5.75 Å². The molecule has 2 aromatic carbocycles. The number of rotatable bonds is 9. The van der Waals surface area contributed by atoms with Gasteiger partial charge in [-0.1, -0.05) is 30.3 Å². The Morgan fingerprint density at radius 2 is 1.45 bits per heavy atom. The van der Waals surface area contributed by atoms with E-state index in [0.717, 1.165) is 5.75 Å². The van der Waals surface area contributed by atoms with Gasteiger partial charge in [0, 0.05) is 6.54 Å². The Kier molecular flexibility index (Phi) is 6.31. The van der Waals surface area contributed by atoms with Gasteiger partial charge in [-0.15, -0.1) is 0 Å². The van der Waals surface area contributed by atoms with E-state index in [0.29, 0.717) is 39.6 Å². The number of nitrogens with two attached hydrogens (primary N) is 1. The lowest BCUT2D eigenvalue weighted by molar-refractivity contribution is 0.0388. The topological polar surface area (TPSA) is 53.7 Å². The Morgan fingerprint density at radius 3 is 2.25 bits per heavy atom. The van der Waals surface area contributed by atoms with Crippen LogP contribution in [0.1, 0.15) is 0 Å². The minimum atomic E-state index is 0.537. The molecule has 2 rings (SSSR count). The van der Waals surface area contributed by atoms with Gasteiger partial charge in [-0.2, -0.15) is 0 Å². The molecule has 0 heterocycles. The number of hydrogen-bond acceptors (Lipinski definition) is 4. The smallest absolute Gasteiger partial charge is 0.120 e. The summed E-state index contributed by atoms with van der Waals surface area (Å²) in [6, 6.07) is 14.3. The first-order valence-corrected chi connectivity index (χ1v) is 6.87. The predicted molar refractivity (Wildman–Crippen MR) is 80.1 cm³/mol. The van der Waals surface area contributed by atoms with Crippen LogP contribution in [0.5, 0.6) is 5.75 Å². The van der Waals surface area contributed by atoms with Crippen molar-refractivity contribution < 1.29 is 14.2 Å². The maximum atomic E-state index is 5.66. The molecule has 0 bridgehead atoms. The summed E-state index contributed by atoms with van der Waals surface area (Å²) in [6.45, 7) is 3.37. The van der Waals surface area contributed by atoms with Crippen molar-refractivity contribution in [1.82, 2.24) is 0 Å². The van der Waals surface area contributed by atoms with E-state index >= 15 is 0 Å². The Hall–Kier alpha value is -1.62. The van der Waals surface area contributed by atoms with Crippen molar-refractivity contribution in [1.29, 1.82) is 0 Å². The molecule has 0 aromatic heterocycles. The van der Waals surface area contributed by atoms with Crippen LogP contribution in [-0.2, 0) is 9.47 Å². The first kappa shape index (κ1) is 14.8. The van der Waals surface area contributed by atoms with Gasteiger partial charge in [0.05, 0.1) is 26.4 Å². The normalized spacial score (nSPS) is 10.8. The Morgan fingerprint density at radius 1 is 0.750 bits per heavy atom. The molecule has 0 unspecified atom stereocenters. The molecule has 0 aliphatic carbocycles. The molecule has 0 atom stereocenters. The quantitative estimate of drug-likeness (QED) is 0.713. The van der Waals surface area contributed by atoms with Crippen molar-refractivity contribution >= 4 is 10.8 Å². The fourth-order valence-corrected chi connectivity index (χ4v) is 1.88. The summed E-state index contributed by atoms with van der Waals surface area (Å²) in [7, 11) is 0. The summed E-state index contributed by atoms with van der Waals surface area (Å²) in [6.07, 6.45) is 0. The van der Waals surface area contributed by atoms with Crippen LogP contribution < -0.4 is 10.5 Å². The molecule has 0 radical (unpaired) electrons. The van der Waals surface area contributed by atoms with E-state index in [-0.39, 0.29) is 0 Å². The minimum Gasteiger partial charge on any atom is -0.491 e. The molecule has 0 aliphatic heterocycles. The number of ether oxygens (including phenoxy) is 3. The Balaban J connectivity index is 1.65. The van der Waals surface area contributed by atoms with Gasteiger partial charge in [-0.05, 0) is 22.9 Å². The van der Waals surface area contributed by atoms with Gasteiger partial charge in [-0.3, -0.25) is 0 Å². The zero-order chi connectivity index (χ0) is 14.0. The second-order valence-electron chi connectivity index (χ2n) is 4.37. The molecule has 0 saturated heterocycles. The highest BCUT2D eigenvalue weighted by Crippen LogP contribution is 2.20. The third-order valence-corrected chi connectivity index (χ3v) is 2.85. The summed E-state index contributed by atoms with van der Waals surface area (Å²) in [4.78, 5) is 0. The fourth-order valence-electron chi connectivity index (χ4n) is 1.88. The van der Waals surface area contributed by atoms with E-state index in [4.69, 9.17) is 19.9 Å². The van der Waals surface area contributed by atoms with E-state index in [1.807, 2.05) is 24.3 Å². The predicted octanol–water partition coefficient (Wildman–Crippen LogP) is 2.21. The lowest BCUT2D eigenvalue weighted by atomic mass is 10.1. The van der Waals surface area contributed by atoms with Gasteiger partial charge in [0.15, 0.2) is 0 Å². The SMILES string of the molecule is NCCOCCOCCOc1ccc2ccccc2c1. The second-order valence-corrected chi connectivity index (χ2v) is 4.37. The lowest BCUT2D eigenvalue weighted by Crippen LogP contribution is -2.14. The van der Waals surface area contributed by atoms with Crippen LogP contribution in [0.3, 0.4) is 0 Å². The summed E-state index contributed by atoms with van der Waals surface area (Å²) in [5.41, 5.74) is 5.31. The van der Waals surface area contributed by atoms with Crippen LogP contribution in [-0.4, -0.2) is 39.6 Å². The molecule has 0 aliphatic rings. The van der Waals surface area contributed by atoms with Crippen molar-refractivity contribution in [2.24, 2.45) is 5.73 Å². The second kappa shape index (κ2) is 8.53. The molecule has 0 saturated carbocycles. The molecule has 4 heteroatoms. The van der Waals surface area contributed by atoms with Crippen LogP contribution in [0, 0.1) is 0 Å². The highest BCUT2D eigenvalue weighted by molar-refractivity contribution is 5.83. The van der Waals surface area contributed by atoms with Crippen molar-refractivity contribution in [3.63, 3.8) is 0 Å². The van der Waals surface area contributed by atoms with Gasteiger partial charge in [0.1, 0.15) is 12.4 Å². The van der Waals surface area contributed by atoms with Gasteiger partial charge < -0.3 is 19.9 Å². The largest absolute Gasteiger partial charge is 0.491 e. The maximum Gasteiger partial charge on any atom is 0.120 e. The van der Waals surface area contributed by atoms with Crippen molar-refractivity contribution in [2.75, 3.05) is 39.6 Å². The zero-order valence-corrected chi connectivity index (χ0v) is 11.6. The Bertz CT molecular complexity index is 516. The first-order chi connectivity index (χ1) is 9.90. The third-order valence-electron chi connectivity index (χ3n) is 2.85. The average molecular weight is 275 g/mol. The van der Waals surface area contributed by atoms with Crippen molar-refractivity contribution in [2.45, 2.75) is 0 Å². The average Bonchev–Trinajstić information content (AvgIpc) is 2.50. The van der Waals surface area contributed by atoms with E-state index < -0.39 is 0 Å². The van der Waals surface area contributed by atoms with Crippen molar-refractivity contribution in [3.05, 3.63) is 42.5 Å². The molecule has 0 fully saturated rings. The highest BCUT2D eigenvalue weighted by Gasteiger charge is 1.97. The van der Waals surface area contributed by atoms with Gasteiger partial charge in [-0.25, -0.2) is 0 Å². The van der Waals surface area contributed by atoms with Crippen LogP contribution in [0.25, 0.3) is 10.8 Å². The summed E-state index contributed by atoms with van der Waals surface area (Å²) < 4.78 is 16.3. The van der Waals surface area contributed by atoms with Gasteiger partial charge >= 0.3 is 0 Å². The van der Waals surface area contributed by atoms with E-state index in [2.05, 4.69) is 18.2 Å². The standard InChI is InChI=1S/C16H21NO3/c17-7-8-18-9-10-19-11-12-20-16-6-5-14-3-1-2-4-15(14)13-16/h1-6,13H,7-12,17H2. The Labute approximate surface area is 119 Å². The van der Waals surface area contributed by atoms with Crippen LogP contribution in [0.4, 0.5) is 0 Å². The summed E-state index contributed by atoms with van der Waals surface area (Å²) >= 11 is 0. The fraction of sp³-hybridized carbons (Fsp3) is 0.375. The third kappa shape index (κ3) is 4.81. The van der Waals surface area contributed by atoms with E-state index in [1.165, 1.54) is 10.8 Å². The summed E-state index contributed by atoms with van der Waals surface area (Å²) in [5.74, 6) is 0.867. The molecular weight excluding hydrogens is 254 g/mol. The minimum absolute atomic E-state index is 0.537. The van der Waals surface area contributed by atoms with E-state index in [1.54, 1.807) is 0 Å². The first-order valence-electron chi connectivity index (χ1n) is 6.87. The van der Waals surface area contributed by atoms with Crippen LogP contribution in [0.2, 0.25) is 0 Å². The number of fused-ring (bicyclic) bond motifs is 1.